The lowest BCUT2D eigenvalue weighted by Crippen LogP contribution is -2.63. The van der Waals surface area contributed by atoms with Crippen molar-refractivity contribution in [2.45, 2.75) is 28.1 Å². The van der Waals surface area contributed by atoms with Gasteiger partial charge in [-0.15, -0.1) is 11.6 Å². The van der Waals surface area contributed by atoms with Gasteiger partial charge in [-0.3, -0.25) is 5.32 Å². The fraction of sp³-hybridized carbons (Fsp3) is 0.636. The lowest BCUT2D eigenvalue weighted by molar-refractivity contribution is -0.0232. The minimum atomic E-state index is -2.00. The van der Waals surface area contributed by atoms with E-state index in [4.69, 9.17) is 63.7 Å². The third kappa shape index (κ3) is 4.55. The molecule has 4 N–H and O–H groups in total. The summed E-state index contributed by atoms with van der Waals surface area (Å²) in [5.41, 5.74) is 3.86. The summed E-state index contributed by atoms with van der Waals surface area (Å²) in [7, 11) is 1.77. The second-order valence-corrected chi connectivity index (χ2v) is 7.61. The van der Waals surface area contributed by atoms with Crippen LogP contribution < -0.4 is 11.1 Å². The van der Waals surface area contributed by atoms with Gasteiger partial charge in [0.15, 0.2) is 5.72 Å². The largest absolute Gasteiger partial charge is 0.371 e. The van der Waals surface area contributed by atoms with Gasteiger partial charge in [0.1, 0.15) is 6.17 Å². The van der Waals surface area contributed by atoms with Gasteiger partial charge in [0.2, 0.25) is 3.79 Å². The molecule has 9 heteroatoms. The molecule has 0 aromatic carbocycles. The first-order valence-electron chi connectivity index (χ1n) is 5.75. The Morgan fingerprint density at radius 3 is 2.55 bits per heavy atom. The highest BCUT2D eigenvalue weighted by molar-refractivity contribution is 6.68. The van der Waals surface area contributed by atoms with Crippen molar-refractivity contribution in [3.05, 3.63) is 23.4 Å². The highest BCUT2D eigenvalue weighted by atomic mass is 35.6. The van der Waals surface area contributed by atoms with Crippen molar-refractivity contribution < 1.29 is 5.11 Å². The number of hydrogen-bond acceptors (Lipinski definition) is 4. The topological polar surface area (TPSA) is 61.5 Å². The predicted molar refractivity (Wildman–Crippen MR) is 86.3 cm³/mol. The molecule has 116 valence electrons. The number of alkyl halides is 4. The molecule has 4 nitrogen and oxygen atoms in total. The molecule has 0 fully saturated rings. The Kier molecular flexibility index (Phi) is 6.76. The standard InChI is InChI=1S/C11H16Cl5N3O/c1-19-4-2-3-8(13)9(19)18-10(20,11(14,15)16)5-7(17)6-12/h2-4,7,9,18,20H,5-6,17H2,1H3. The van der Waals surface area contributed by atoms with Crippen LogP contribution in [0.25, 0.3) is 0 Å². The van der Waals surface area contributed by atoms with Gasteiger partial charge >= 0.3 is 0 Å². The van der Waals surface area contributed by atoms with Gasteiger partial charge in [-0.25, -0.2) is 0 Å². The number of nitrogens with one attached hydrogen (secondary N) is 1. The Hall–Kier alpha value is 0.610. The zero-order valence-corrected chi connectivity index (χ0v) is 14.4. The molecule has 0 aromatic rings. The Bertz CT molecular complexity index is 398. The van der Waals surface area contributed by atoms with E-state index in [1.807, 2.05) is 0 Å². The number of allylic oxidation sites excluding steroid dienone is 2. The number of nitrogens with two attached hydrogens (primary N) is 1. The summed E-state index contributed by atoms with van der Waals surface area (Å²) < 4.78 is -2.00. The van der Waals surface area contributed by atoms with Crippen LogP contribution in [0.2, 0.25) is 0 Å². The Morgan fingerprint density at radius 2 is 2.10 bits per heavy atom. The van der Waals surface area contributed by atoms with Gasteiger partial charge < -0.3 is 15.7 Å². The van der Waals surface area contributed by atoms with Crippen molar-refractivity contribution >= 4 is 58.0 Å². The van der Waals surface area contributed by atoms with E-state index in [9.17, 15) is 5.11 Å². The summed E-state index contributed by atoms with van der Waals surface area (Å²) in [6, 6.07) is -0.544. The van der Waals surface area contributed by atoms with E-state index in [1.54, 1.807) is 30.3 Å². The third-order valence-electron chi connectivity index (χ3n) is 2.85. The van der Waals surface area contributed by atoms with Crippen molar-refractivity contribution in [1.29, 1.82) is 0 Å². The fourth-order valence-corrected chi connectivity index (χ4v) is 2.52. The molecule has 0 spiro atoms. The minimum absolute atomic E-state index is 0.0504. The van der Waals surface area contributed by atoms with Gasteiger partial charge in [-0.1, -0.05) is 46.4 Å². The first-order valence-corrected chi connectivity index (χ1v) is 7.79. The van der Waals surface area contributed by atoms with Crippen LogP contribution in [-0.4, -0.2) is 44.7 Å². The van der Waals surface area contributed by atoms with E-state index in [0.717, 1.165) is 0 Å². The van der Waals surface area contributed by atoms with Gasteiger partial charge in [0.05, 0.1) is 5.03 Å². The molecule has 1 aliphatic rings. The van der Waals surface area contributed by atoms with E-state index in [1.165, 1.54) is 0 Å². The van der Waals surface area contributed by atoms with E-state index in [0.29, 0.717) is 5.03 Å². The van der Waals surface area contributed by atoms with Crippen molar-refractivity contribution in [2.24, 2.45) is 5.73 Å². The molecule has 0 bridgehead atoms. The molecular weight excluding hydrogens is 367 g/mol. The summed E-state index contributed by atoms with van der Waals surface area (Å²) in [6.07, 6.45) is 4.62. The number of rotatable bonds is 5. The molecule has 0 saturated carbocycles. The average Bonchev–Trinajstić information content (AvgIpc) is 2.32. The van der Waals surface area contributed by atoms with Crippen LogP contribution in [0.5, 0.6) is 0 Å². The van der Waals surface area contributed by atoms with Crippen LogP contribution in [0.15, 0.2) is 23.4 Å². The van der Waals surface area contributed by atoms with Crippen LogP contribution in [0.4, 0.5) is 0 Å². The summed E-state index contributed by atoms with van der Waals surface area (Å²) in [4.78, 5) is 1.73. The maximum Gasteiger partial charge on any atom is 0.232 e. The highest BCUT2D eigenvalue weighted by Gasteiger charge is 2.49. The molecule has 0 saturated heterocycles. The van der Waals surface area contributed by atoms with Crippen molar-refractivity contribution in [1.82, 2.24) is 10.2 Å². The molecule has 0 aliphatic carbocycles. The monoisotopic (exact) mass is 381 g/mol. The van der Waals surface area contributed by atoms with Crippen LogP contribution in [0, 0.1) is 0 Å². The van der Waals surface area contributed by atoms with E-state index < -0.39 is 21.7 Å². The maximum atomic E-state index is 10.7. The zero-order valence-electron chi connectivity index (χ0n) is 10.7. The highest BCUT2D eigenvalue weighted by Crippen LogP contribution is 2.40. The molecule has 0 aromatic heterocycles. The summed E-state index contributed by atoms with van der Waals surface area (Å²) in [5, 5.41) is 13.9. The molecule has 20 heavy (non-hydrogen) atoms. The lowest BCUT2D eigenvalue weighted by atomic mass is 10.1. The zero-order chi connectivity index (χ0) is 15.6. The van der Waals surface area contributed by atoms with Gasteiger partial charge in [-0.05, 0) is 12.2 Å². The van der Waals surface area contributed by atoms with Crippen LogP contribution in [-0.2, 0) is 0 Å². The molecule has 0 radical (unpaired) electrons. The predicted octanol–water partition coefficient (Wildman–Crippen LogP) is 2.50. The average molecular weight is 384 g/mol. The van der Waals surface area contributed by atoms with Crippen molar-refractivity contribution in [2.75, 3.05) is 12.9 Å². The summed E-state index contributed by atoms with van der Waals surface area (Å²) in [6.45, 7) is 0. The Morgan fingerprint density at radius 1 is 1.50 bits per heavy atom. The van der Waals surface area contributed by atoms with Crippen LogP contribution >= 0.6 is 58.0 Å². The molecule has 1 aliphatic heterocycles. The number of halogens is 5. The second-order valence-electron chi connectivity index (χ2n) is 4.58. The van der Waals surface area contributed by atoms with E-state index in [-0.39, 0.29) is 12.3 Å². The number of nitrogens with zero attached hydrogens (tertiary/aromatic N) is 1. The first-order chi connectivity index (χ1) is 9.10. The first kappa shape index (κ1) is 18.7. The molecule has 1 rings (SSSR count). The molecule has 3 atom stereocenters. The second kappa shape index (κ2) is 7.25. The fourth-order valence-electron chi connectivity index (χ4n) is 1.73. The normalized spacial score (nSPS) is 24.3. The van der Waals surface area contributed by atoms with E-state index in [2.05, 4.69) is 5.32 Å². The van der Waals surface area contributed by atoms with Crippen molar-refractivity contribution in [3.63, 3.8) is 0 Å². The Labute approximate surface area is 143 Å². The van der Waals surface area contributed by atoms with Gasteiger partial charge in [0, 0.05) is 31.6 Å². The Balaban J connectivity index is 2.96. The number of hydrogen-bond donors (Lipinski definition) is 3. The van der Waals surface area contributed by atoms with Crippen LogP contribution in [0.3, 0.4) is 0 Å². The SMILES string of the molecule is CN1C=CC=C(Cl)C1NC(O)(CC(N)CCl)C(Cl)(Cl)Cl. The molecule has 1 heterocycles. The molecule has 3 unspecified atom stereocenters. The number of aliphatic hydroxyl groups is 1. The smallest absolute Gasteiger partial charge is 0.232 e. The molecule has 0 amide bonds. The van der Waals surface area contributed by atoms with Gasteiger partial charge in [-0.2, -0.15) is 0 Å². The van der Waals surface area contributed by atoms with E-state index >= 15 is 0 Å². The molecular formula is C11H16Cl5N3O. The quantitative estimate of drug-likeness (QED) is 0.504. The van der Waals surface area contributed by atoms with Crippen LogP contribution in [0.1, 0.15) is 6.42 Å². The van der Waals surface area contributed by atoms with Crippen molar-refractivity contribution in [3.8, 4) is 0 Å². The third-order valence-corrected chi connectivity index (χ3v) is 4.51. The summed E-state index contributed by atoms with van der Waals surface area (Å²) in [5.74, 6) is 0.120. The van der Waals surface area contributed by atoms with Gasteiger partial charge in [0.25, 0.3) is 0 Å². The lowest BCUT2D eigenvalue weighted by Gasteiger charge is -2.42. The maximum absolute atomic E-state index is 10.7. The minimum Gasteiger partial charge on any atom is -0.371 e. The number of likely N-dealkylation sites (N-methyl/N-ethyl adjacent to an activating group) is 1. The summed E-state index contributed by atoms with van der Waals surface area (Å²) >= 11 is 29.4.